The smallest absolute Gasteiger partial charge is 0.334 e. The summed E-state index contributed by atoms with van der Waals surface area (Å²) in [6, 6.07) is 0. The zero-order chi connectivity index (χ0) is 12.8. The molecule has 0 fully saturated rings. The van der Waals surface area contributed by atoms with Crippen LogP contribution in [0.5, 0.6) is 0 Å². The van der Waals surface area contributed by atoms with E-state index in [0.29, 0.717) is 0 Å². The highest BCUT2D eigenvalue weighted by molar-refractivity contribution is 5.81. The normalized spacial score (nSPS) is 15.3. The second-order valence-electron chi connectivity index (χ2n) is 4.25. The van der Waals surface area contributed by atoms with Gasteiger partial charge in [0.15, 0.2) is 0 Å². The number of rotatable bonds is 7. The van der Waals surface area contributed by atoms with Crippen LogP contribution in [-0.2, 0) is 9.53 Å². The molecule has 0 N–H and O–H groups in total. The van der Waals surface area contributed by atoms with Crippen LogP contribution in [0.15, 0.2) is 12.7 Å². The Morgan fingerprint density at radius 1 is 1.25 bits per heavy atom. The molecule has 0 saturated heterocycles. The van der Waals surface area contributed by atoms with Gasteiger partial charge in [-0.1, -0.05) is 13.5 Å². The average molecular weight is 228 g/mol. The second kappa shape index (κ2) is 6.04. The topological polar surface area (TPSA) is 26.3 Å². The maximum absolute atomic E-state index is 11.4. The van der Waals surface area contributed by atoms with E-state index in [1.807, 2.05) is 6.92 Å². The Labute approximate surface area is 99.7 Å². The minimum Gasteiger partial charge on any atom is -0.407 e. The predicted octanol–water partition coefficient (Wildman–Crippen LogP) is 2.72. The molecule has 0 amide bonds. The summed E-state index contributed by atoms with van der Waals surface area (Å²) in [6.45, 7) is 16.8. The summed E-state index contributed by atoms with van der Waals surface area (Å²) in [6.07, 6.45) is 2.05. The monoisotopic (exact) mass is 228 g/mol. The molecule has 0 saturated carbocycles. The van der Waals surface area contributed by atoms with Crippen molar-refractivity contribution in [3.63, 3.8) is 0 Å². The van der Waals surface area contributed by atoms with Gasteiger partial charge >= 0.3 is 5.97 Å². The molecule has 0 radical (unpaired) electrons. The minimum atomic E-state index is -0.455. The zero-order valence-electron chi connectivity index (χ0n) is 11.4. The molecule has 3 heteroatoms. The van der Waals surface area contributed by atoms with Crippen molar-refractivity contribution >= 4 is 5.97 Å². The van der Waals surface area contributed by atoms with E-state index >= 15 is 0 Å². The largest absolute Gasteiger partial charge is 0.407 e. The molecule has 0 aromatic heterocycles. The van der Waals surface area contributed by atoms with Crippen LogP contribution in [0.4, 0.5) is 0 Å². The van der Waals surface area contributed by atoms with E-state index in [0.717, 1.165) is 30.5 Å². The molecule has 16 heavy (non-hydrogen) atoms. The van der Waals surface area contributed by atoms with Gasteiger partial charge in [0, 0.05) is 19.4 Å². The number of nitrogens with zero attached hydrogens (tertiary/aromatic N) is 1. The van der Waals surface area contributed by atoms with Crippen LogP contribution < -0.4 is 0 Å². The molecule has 0 aliphatic rings. The summed E-state index contributed by atoms with van der Waals surface area (Å²) in [5.74, 6) is -0.331. The maximum Gasteiger partial charge on any atom is 0.334 e. The average Bonchev–Trinajstić information content (AvgIpc) is 2.31. The quantitative estimate of drug-likeness (QED) is 0.290. The van der Waals surface area contributed by atoms with Crippen LogP contribution in [0, 0.1) is 0 Å². The van der Waals surface area contributed by atoms with Crippen LogP contribution >= 0.6 is 0 Å². The molecule has 1 unspecified atom stereocenters. The first kappa shape index (κ1) is 15.2. The van der Waals surface area contributed by atoms with E-state index in [1.54, 1.807) is 0 Å². The Morgan fingerprint density at radius 2 is 1.69 bits per heavy atom. The lowest BCUT2D eigenvalue weighted by molar-refractivity contribution is -0.991. The maximum atomic E-state index is 11.4. The van der Waals surface area contributed by atoms with E-state index in [9.17, 15) is 4.79 Å². The Kier molecular flexibility index (Phi) is 5.73. The lowest BCUT2D eigenvalue weighted by Gasteiger charge is -2.48. The van der Waals surface area contributed by atoms with Gasteiger partial charge in [0.25, 0.3) is 0 Å². The van der Waals surface area contributed by atoms with Gasteiger partial charge in [-0.3, -0.25) is 4.48 Å². The number of carbonyl (C=O) groups is 1. The molecular weight excluding hydrogens is 202 g/mol. The SMILES string of the molecule is C=CC(=O)OC(C)(CC)[N+](CC)(CC)CC. The predicted molar refractivity (Wildman–Crippen MR) is 66.9 cm³/mol. The molecule has 0 aliphatic heterocycles. The van der Waals surface area contributed by atoms with E-state index in [2.05, 4.69) is 34.3 Å². The van der Waals surface area contributed by atoms with E-state index in [-0.39, 0.29) is 5.97 Å². The first-order valence-corrected chi connectivity index (χ1v) is 6.16. The molecule has 0 spiro atoms. The van der Waals surface area contributed by atoms with Gasteiger partial charge in [-0.2, -0.15) is 0 Å². The highest BCUT2D eigenvalue weighted by Crippen LogP contribution is 2.29. The Balaban J connectivity index is 5.16. The fraction of sp³-hybridized carbons (Fsp3) is 0.769. The van der Waals surface area contributed by atoms with Crippen molar-refractivity contribution in [1.82, 2.24) is 0 Å². The molecule has 94 valence electrons. The standard InChI is InChI=1S/C13H26NO2/c1-7-12(15)16-13(6,8-2)14(9-3,10-4)11-5/h7H,1,8-11H2,2-6H3/q+1. The molecule has 0 aromatic carbocycles. The number of quaternary nitrogens is 1. The molecule has 0 aliphatic carbocycles. The summed E-state index contributed by atoms with van der Waals surface area (Å²) in [4.78, 5) is 11.4. The third kappa shape index (κ3) is 2.64. The van der Waals surface area contributed by atoms with E-state index in [4.69, 9.17) is 4.74 Å². The summed E-state index contributed by atoms with van der Waals surface area (Å²) in [5, 5.41) is 0. The summed E-state index contributed by atoms with van der Waals surface area (Å²) < 4.78 is 6.38. The van der Waals surface area contributed by atoms with E-state index < -0.39 is 5.72 Å². The van der Waals surface area contributed by atoms with Crippen molar-refractivity contribution in [2.24, 2.45) is 0 Å². The molecule has 0 heterocycles. The number of carbonyl (C=O) groups excluding carboxylic acids is 1. The van der Waals surface area contributed by atoms with Gasteiger partial charge < -0.3 is 4.74 Å². The Bertz CT molecular complexity index is 238. The van der Waals surface area contributed by atoms with Crippen molar-refractivity contribution in [2.45, 2.75) is 46.8 Å². The second-order valence-corrected chi connectivity index (χ2v) is 4.25. The number of ether oxygens (including phenoxy) is 1. The van der Waals surface area contributed by atoms with Crippen LogP contribution in [0.2, 0.25) is 0 Å². The van der Waals surface area contributed by atoms with Gasteiger partial charge in [0.1, 0.15) is 0 Å². The number of hydrogen-bond acceptors (Lipinski definition) is 2. The third-order valence-electron chi connectivity index (χ3n) is 3.96. The van der Waals surface area contributed by atoms with Crippen LogP contribution in [0.3, 0.4) is 0 Å². The molecule has 0 rings (SSSR count). The molecule has 3 nitrogen and oxygen atoms in total. The first-order valence-electron chi connectivity index (χ1n) is 6.16. The minimum absolute atomic E-state index is 0.331. The Hall–Kier alpha value is -0.830. The highest BCUT2D eigenvalue weighted by atomic mass is 16.6. The fourth-order valence-corrected chi connectivity index (χ4v) is 2.44. The number of esters is 1. The molecule has 0 bridgehead atoms. The lowest BCUT2D eigenvalue weighted by atomic mass is 10.1. The fourth-order valence-electron chi connectivity index (χ4n) is 2.44. The highest BCUT2D eigenvalue weighted by Gasteiger charge is 2.45. The van der Waals surface area contributed by atoms with Gasteiger partial charge in [0.2, 0.25) is 5.72 Å². The zero-order valence-corrected chi connectivity index (χ0v) is 11.4. The van der Waals surface area contributed by atoms with Crippen molar-refractivity contribution in [3.8, 4) is 0 Å². The number of hydrogen-bond donors (Lipinski definition) is 0. The van der Waals surface area contributed by atoms with Crippen molar-refractivity contribution in [2.75, 3.05) is 19.6 Å². The van der Waals surface area contributed by atoms with Gasteiger partial charge in [-0.25, -0.2) is 4.79 Å². The lowest BCUT2D eigenvalue weighted by Crippen LogP contribution is -2.64. The van der Waals surface area contributed by atoms with Crippen LogP contribution in [-0.4, -0.2) is 35.8 Å². The summed E-state index contributed by atoms with van der Waals surface area (Å²) in [5.41, 5.74) is -0.455. The summed E-state index contributed by atoms with van der Waals surface area (Å²) >= 11 is 0. The van der Waals surface area contributed by atoms with Crippen LogP contribution in [0.25, 0.3) is 0 Å². The molecule has 1 atom stereocenters. The third-order valence-corrected chi connectivity index (χ3v) is 3.96. The van der Waals surface area contributed by atoms with Crippen molar-refractivity contribution in [3.05, 3.63) is 12.7 Å². The first-order chi connectivity index (χ1) is 7.45. The van der Waals surface area contributed by atoms with E-state index in [1.165, 1.54) is 6.08 Å². The molecule has 0 aromatic rings. The van der Waals surface area contributed by atoms with Gasteiger partial charge in [-0.15, -0.1) is 0 Å². The summed E-state index contributed by atoms with van der Waals surface area (Å²) in [7, 11) is 0. The van der Waals surface area contributed by atoms with Gasteiger partial charge in [-0.05, 0) is 20.8 Å². The van der Waals surface area contributed by atoms with Crippen LogP contribution in [0.1, 0.15) is 41.0 Å². The Morgan fingerprint density at radius 3 is 1.94 bits per heavy atom. The van der Waals surface area contributed by atoms with Crippen molar-refractivity contribution < 1.29 is 14.0 Å². The molecular formula is C13H26NO2+. The van der Waals surface area contributed by atoms with Gasteiger partial charge in [0.05, 0.1) is 19.6 Å². The van der Waals surface area contributed by atoms with Crippen molar-refractivity contribution in [1.29, 1.82) is 0 Å².